The first kappa shape index (κ1) is 17.4. The molecule has 25 heavy (non-hydrogen) atoms. The Morgan fingerprint density at radius 1 is 1.28 bits per heavy atom. The number of hydrogen-bond donors (Lipinski definition) is 1. The van der Waals surface area contributed by atoms with E-state index in [1.165, 1.54) is 11.8 Å². The van der Waals surface area contributed by atoms with Crippen molar-refractivity contribution in [2.75, 3.05) is 24.6 Å². The van der Waals surface area contributed by atoms with Crippen LogP contribution in [0, 0.1) is 0 Å². The Balaban J connectivity index is 1.59. The van der Waals surface area contributed by atoms with Crippen LogP contribution in [0.1, 0.15) is 35.8 Å². The number of benzene rings is 1. The first-order valence-corrected chi connectivity index (χ1v) is 8.77. The van der Waals surface area contributed by atoms with E-state index in [9.17, 15) is 4.79 Å². The van der Waals surface area contributed by atoms with Gasteiger partial charge < -0.3 is 15.0 Å². The van der Waals surface area contributed by atoms with Crippen molar-refractivity contribution in [2.45, 2.75) is 32.4 Å². The molecule has 0 bridgehead atoms. The third-order valence-electron chi connectivity index (χ3n) is 4.31. The second kappa shape index (κ2) is 8.58. The average molecular weight is 340 g/mol. The fraction of sp³-hybridized carbons (Fsp3) is 0.421. The number of ether oxygens (including phenoxy) is 1. The summed E-state index contributed by atoms with van der Waals surface area (Å²) in [7, 11) is 0. The molecule has 1 aromatic heterocycles. The largest absolute Gasteiger partial charge is 0.376 e. The van der Waals surface area contributed by atoms with E-state index >= 15 is 0 Å². The summed E-state index contributed by atoms with van der Waals surface area (Å²) in [5.74, 6) is 0.558. The number of carbonyl (C=O) groups is 1. The van der Waals surface area contributed by atoms with Crippen LogP contribution in [0.15, 0.2) is 42.7 Å². The maximum atomic E-state index is 12.2. The summed E-state index contributed by atoms with van der Waals surface area (Å²) in [6.45, 7) is 4.96. The van der Waals surface area contributed by atoms with Crippen LogP contribution in [0.25, 0.3) is 0 Å². The molecular formula is C19H24N4O2. The van der Waals surface area contributed by atoms with Crippen molar-refractivity contribution in [3.05, 3.63) is 54.0 Å². The molecule has 1 fully saturated rings. The molecule has 6 heteroatoms. The number of anilines is 1. The van der Waals surface area contributed by atoms with Crippen LogP contribution in [0.3, 0.4) is 0 Å². The molecule has 1 atom stereocenters. The van der Waals surface area contributed by atoms with Crippen molar-refractivity contribution in [3.8, 4) is 0 Å². The zero-order chi connectivity index (χ0) is 17.5. The van der Waals surface area contributed by atoms with E-state index in [1.54, 1.807) is 6.20 Å². The predicted octanol–water partition coefficient (Wildman–Crippen LogP) is 2.41. The van der Waals surface area contributed by atoms with Gasteiger partial charge in [-0.2, -0.15) is 0 Å². The van der Waals surface area contributed by atoms with Crippen LogP contribution in [0.4, 0.5) is 5.82 Å². The van der Waals surface area contributed by atoms with Crippen LogP contribution in [-0.4, -0.2) is 41.7 Å². The Kier molecular flexibility index (Phi) is 5.95. The van der Waals surface area contributed by atoms with Gasteiger partial charge in [-0.1, -0.05) is 30.3 Å². The average Bonchev–Trinajstić information content (AvgIpc) is 3.19. The lowest BCUT2D eigenvalue weighted by atomic mass is 10.2. The lowest BCUT2D eigenvalue weighted by molar-refractivity contribution is 0.0853. The van der Waals surface area contributed by atoms with Gasteiger partial charge in [-0.15, -0.1) is 0 Å². The third kappa shape index (κ3) is 4.76. The van der Waals surface area contributed by atoms with Crippen LogP contribution in [-0.2, 0) is 11.3 Å². The standard InChI is InChI=1S/C19H24N4O2/c1-2-23(14-15-7-4-3-5-8-15)18-13-20-17(12-21-18)19(24)22-11-16-9-6-10-25-16/h3-5,7-8,12-13,16H,2,6,9-11,14H2,1H3,(H,22,24). The molecule has 2 heterocycles. The van der Waals surface area contributed by atoms with Gasteiger partial charge in [0.1, 0.15) is 11.5 Å². The second-order valence-electron chi connectivity index (χ2n) is 6.10. The van der Waals surface area contributed by atoms with Crippen LogP contribution >= 0.6 is 0 Å². The molecule has 1 aliphatic heterocycles. The fourth-order valence-corrected chi connectivity index (χ4v) is 2.86. The molecule has 1 N–H and O–H groups in total. The monoisotopic (exact) mass is 340 g/mol. The highest BCUT2D eigenvalue weighted by Crippen LogP contribution is 2.14. The molecule has 1 unspecified atom stereocenters. The van der Waals surface area contributed by atoms with Gasteiger partial charge in [0.2, 0.25) is 0 Å². The van der Waals surface area contributed by atoms with Crippen molar-refractivity contribution in [1.29, 1.82) is 0 Å². The molecule has 1 saturated heterocycles. The first-order valence-electron chi connectivity index (χ1n) is 8.77. The van der Waals surface area contributed by atoms with Gasteiger partial charge in [-0.25, -0.2) is 9.97 Å². The van der Waals surface area contributed by atoms with E-state index in [1.807, 2.05) is 18.2 Å². The molecular weight excluding hydrogens is 316 g/mol. The molecule has 0 saturated carbocycles. The van der Waals surface area contributed by atoms with Crippen molar-refractivity contribution in [3.63, 3.8) is 0 Å². The maximum absolute atomic E-state index is 12.2. The van der Waals surface area contributed by atoms with Crippen molar-refractivity contribution in [2.24, 2.45) is 0 Å². The second-order valence-corrected chi connectivity index (χ2v) is 6.10. The summed E-state index contributed by atoms with van der Waals surface area (Å²) in [6.07, 6.45) is 5.37. The number of rotatable bonds is 7. The summed E-state index contributed by atoms with van der Waals surface area (Å²) >= 11 is 0. The molecule has 0 spiro atoms. The summed E-state index contributed by atoms with van der Waals surface area (Å²) in [4.78, 5) is 23.0. The van der Waals surface area contributed by atoms with Crippen molar-refractivity contribution >= 4 is 11.7 Å². The lowest BCUT2D eigenvalue weighted by Gasteiger charge is -2.21. The Bertz CT molecular complexity index is 670. The maximum Gasteiger partial charge on any atom is 0.271 e. The molecule has 0 aliphatic carbocycles. The number of nitrogens with zero attached hydrogens (tertiary/aromatic N) is 3. The van der Waals surface area contributed by atoms with Crippen LogP contribution in [0.5, 0.6) is 0 Å². The smallest absolute Gasteiger partial charge is 0.271 e. The highest BCUT2D eigenvalue weighted by Gasteiger charge is 2.17. The highest BCUT2D eigenvalue weighted by molar-refractivity contribution is 5.92. The van der Waals surface area contributed by atoms with Gasteiger partial charge in [0, 0.05) is 26.2 Å². The third-order valence-corrected chi connectivity index (χ3v) is 4.31. The zero-order valence-electron chi connectivity index (χ0n) is 14.5. The van der Waals surface area contributed by atoms with Gasteiger partial charge in [0.15, 0.2) is 0 Å². The minimum absolute atomic E-state index is 0.123. The molecule has 1 amide bonds. The molecule has 6 nitrogen and oxygen atoms in total. The lowest BCUT2D eigenvalue weighted by Crippen LogP contribution is -2.32. The Morgan fingerprint density at radius 3 is 2.76 bits per heavy atom. The molecule has 0 radical (unpaired) electrons. The normalized spacial score (nSPS) is 16.6. The number of amides is 1. The zero-order valence-corrected chi connectivity index (χ0v) is 14.5. The molecule has 132 valence electrons. The minimum atomic E-state index is -0.208. The van der Waals surface area contributed by atoms with Gasteiger partial charge in [-0.05, 0) is 25.3 Å². The fourth-order valence-electron chi connectivity index (χ4n) is 2.86. The minimum Gasteiger partial charge on any atom is -0.376 e. The molecule has 3 rings (SSSR count). The topological polar surface area (TPSA) is 67.4 Å². The number of hydrogen-bond acceptors (Lipinski definition) is 5. The van der Waals surface area contributed by atoms with Crippen molar-refractivity contribution in [1.82, 2.24) is 15.3 Å². The van der Waals surface area contributed by atoms with Crippen molar-refractivity contribution < 1.29 is 9.53 Å². The van der Waals surface area contributed by atoms with E-state index in [0.29, 0.717) is 12.2 Å². The molecule has 1 aromatic carbocycles. The van der Waals surface area contributed by atoms with E-state index in [0.717, 1.165) is 38.4 Å². The van der Waals surface area contributed by atoms with Gasteiger partial charge in [0.25, 0.3) is 5.91 Å². The quantitative estimate of drug-likeness (QED) is 0.838. The van der Waals surface area contributed by atoms with E-state index in [2.05, 4.69) is 39.2 Å². The SMILES string of the molecule is CCN(Cc1ccccc1)c1cnc(C(=O)NCC2CCCO2)cn1. The van der Waals surface area contributed by atoms with Gasteiger partial charge in [-0.3, -0.25) is 4.79 Å². The number of carbonyl (C=O) groups excluding carboxylic acids is 1. The predicted molar refractivity (Wildman–Crippen MR) is 96.5 cm³/mol. The Hall–Kier alpha value is -2.47. The summed E-state index contributed by atoms with van der Waals surface area (Å²) in [5, 5.41) is 2.86. The van der Waals surface area contributed by atoms with E-state index in [4.69, 9.17) is 4.74 Å². The van der Waals surface area contributed by atoms with Gasteiger partial charge in [0.05, 0.1) is 18.5 Å². The first-order chi connectivity index (χ1) is 12.3. The molecule has 1 aliphatic rings. The van der Waals surface area contributed by atoms with E-state index in [-0.39, 0.29) is 12.0 Å². The van der Waals surface area contributed by atoms with E-state index < -0.39 is 0 Å². The van der Waals surface area contributed by atoms with Gasteiger partial charge >= 0.3 is 0 Å². The van der Waals surface area contributed by atoms with Crippen LogP contribution < -0.4 is 10.2 Å². The number of aromatic nitrogens is 2. The highest BCUT2D eigenvalue weighted by atomic mass is 16.5. The summed E-state index contributed by atoms with van der Waals surface area (Å²) < 4.78 is 5.50. The summed E-state index contributed by atoms with van der Waals surface area (Å²) in [6, 6.07) is 10.2. The Morgan fingerprint density at radius 2 is 2.12 bits per heavy atom. The van der Waals surface area contributed by atoms with Crippen LogP contribution in [0.2, 0.25) is 0 Å². The molecule has 2 aromatic rings. The summed E-state index contributed by atoms with van der Waals surface area (Å²) in [5.41, 5.74) is 1.54. The number of nitrogens with one attached hydrogen (secondary N) is 1. The Labute approximate surface area is 148 Å².